The molecule has 2 aromatic carbocycles. The van der Waals surface area contributed by atoms with E-state index < -0.39 is 0 Å². The average molecular weight is 437 g/mol. The zero-order chi connectivity index (χ0) is 23.1. The van der Waals surface area contributed by atoms with Gasteiger partial charge >= 0.3 is 0 Å². The van der Waals surface area contributed by atoms with E-state index in [4.69, 9.17) is 9.40 Å². The van der Waals surface area contributed by atoms with Gasteiger partial charge in [-0.2, -0.15) is 0 Å². The highest BCUT2D eigenvalue weighted by atomic mass is 19.1. The van der Waals surface area contributed by atoms with E-state index in [0.29, 0.717) is 5.92 Å². The molecule has 2 heterocycles. The third-order valence-electron chi connectivity index (χ3n) is 6.31. The Morgan fingerprint density at radius 3 is 2.59 bits per heavy atom. The van der Waals surface area contributed by atoms with Gasteiger partial charge in [-0.15, -0.1) is 0 Å². The number of benzene rings is 2. The van der Waals surface area contributed by atoms with Crippen LogP contribution in [0.5, 0.6) is 0 Å². The predicted molar refractivity (Wildman–Crippen MR) is 133 cm³/mol. The summed E-state index contributed by atoms with van der Waals surface area (Å²) >= 11 is 0. The third-order valence-corrected chi connectivity index (χ3v) is 6.31. The fraction of sp³-hybridized carbons (Fsp3) is 0.464. The highest BCUT2D eigenvalue weighted by Crippen LogP contribution is 2.32. The van der Waals surface area contributed by atoms with Gasteiger partial charge in [0.1, 0.15) is 11.3 Å². The van der Waals surface area contributed by atoms with Gasteiger partial charge in [0.2, 0.25) is 0 Å². The van der Waals surface area contributed by atoms with Crippen LogP contribution in [0.3, 0.4) is 0 Å². The van der Waals surface area contributed by atoms with Crippen LogP contribution in [0.25, 0.3) is 33.1 Å². The fourth-order valence-electron chi connectivity index (χ4n) is 4.29. The molecule has 0 fully saturated rings. The SMILES string of the molecule is CC.CCCC(CCC(C)CC)Cc1nc2ccc(-c3c[nH]c4cc(F)ccc34)cc2o1. The van der Waals surface area contributed by atoms with Crippen LogP contribution in [0.2, 0.25) is 0 Å². The number of aromatic amines is 1. The highest BCUT2D eigenvalue weighted by molar-refractivity contribution is 5.97. The predicted octanol–water partition coefficient (Wildman–Crippen LogP) is 8.93. The first-order chi connectivity index (χ1) is 15.6. The van der Waals surface area contributed by atoms with E-state index in [1.165, 1.54) is 44.2 Å². The lowest BCUT2D eigenvalue weighted by atomic mass is 9.90. The topological polar surface area (TPSA) is 41.8 Å². The summed E-state index contributed by atoms with van der Waals surface area (Å²) in [6.07, 6.45) is 8.98. The minimum absolute atomic E-state index is 0.235. The number of fused-ring (bicyclic) bond motifs is 2. The zero-order valence-electron chi connectivity index (χ0n) is 20.2. The number of nitrogens with one attached hydrogen (secondary N) is 1. The van der Waals surface area contributed by atoms with Gasteiger partial charge in [0.05, 0.1) is 0 Å². The Kier molecular flexibility index (Phi) is 8.49. The molecule has 0 aliphatic rings. The molecule has 2 unspecified atom stereocenters. The molecule has 0 saturated carbocycles. The first kappa shape index (κ1) is 24.0. The van der Waals surface area contributed by atoms with Crippen LogP contribution in [-0.4, -0.2) is 9.97 Å². The van der Waals surface area contributed by atoms with Crippen molar-refractivity contribution in [2.45, 2.75) is 73.1 Å². The van der Waals surface area contributed by atoms with Crippen molar-refractivity contribution in [3.8, 4) is 11.1 Å². The minimum Gasteiger partial charge on any atom is -0.441 e. The van der Waals surface area contributed by atoms with Crippen molar-refractivity contribution in [2.75, 3.05) is 0 Å². The number of nitrogens with zero attached hydrogens (tertiary/aromatic N) is 1. The van der Waals surface area contributed by atoms with Gasteiger partial charge in [-0.1, -0.05) is 66.4 Å². The largest absolute Gasteiger partial charge is 0.441 e. The van der Waals surface area contributed by atoms with Crippen LogP contribution in [0, 0.1) is 17.7 Å². The van der Waals surface area contributed by atoms with Gasteiger partial charge in [-0.3, -0.25) is 0 Å². The average Bonchev–Trinajstić information content (AvgIpc) is 3.41. The van der Waals surface area contributed by atoms with Gasteiger partial charge in [0, 0.05) is 29.1 Å². The first-order valence-corrected chi connectivity index (χ1v) is 12.2. The molecule has 0 amide bonds. The molecule has 4 aromatic rings. The second-order valence-corrected chi connectivity index (χ2v) is 8.63. The van der Waals surface area contributed by atoms with E-state index in [1.807, 2.05) is 38.2 Å². The lowest BCUT2D eigenvalue weighted by Crippen LogP contribution is -2.07. The van der Waals surface area contributed by atoms with Crippen LogP contribution < -0.4 is 0 Å². The van der Waals surface area contributed by atoms with Gasteiger partial charge in [0.25, 0.3) is 0 Å². The summed E-state index contributed by atoms with van der Waals surface area (Å²) in [5, 5.41) is 1.00. The van der Waals surface area contributed by atoms with Gasteiger partial charge in [0.15, 0.2) is 11.5 Å². The van der Waals surface area contributed by atoms with E-state index >= 15 is 0 Å². The van der Waals surface area contributed by atoms with Gasteiger partial charge in [-0.05, 0) is 54.2 Å². The van der Waals surface area contributed by atoms with E-state index in [0.717, 1.165) is 51.4 Å². The maximum absolute atomic E-state index is 13.5. The smallest absolute Gasteiger partial charge is 0.195 e. The molecule has 3 nitrogen and oxygen atoms in total. The second-order valence-electron chi connectivity index (χ2n) is 8.63. The molecule has 0 saturated heterocycles. The molecular formula is C28H37FN2O. The number of oxazole rings is 1. The standard InChI is InChI=1S/C26H31FN2O.C2H6/c1-4-6-18(8-7-17(3)5-2)13-26-29-23-12-9-19(14-25(23)30-26)22-16-28-24-15-20(27)10-11-21(22)24;1-2/h9-12,14-18,28H,4-8,13H2,1-3H3;1-2H3. The fourth-order valence-corrected chi connectivity index (χ4v) is 4.29. The summed E-state index contributed by atoms with van der Waals surface area (Å²) < 4.78 is 19.7. The van der Waals surface area contributed by atoms with Crippen molar-refractivity contribution in [2.24, 2.45) is 11.8 Å². The second kappa shape index (κ2) is 11.3. The van der Waals surface area contributed by atoms with Crippen molar-refractivity contribution >= 4 is 22.0 Å². The number of halogens is 1. The van der Waals surface area contributed by atoms with Crippen molar-refractivity contribution < 1.29 is 8.81 Å². The molecular weight excluding hydrogens is 399 g/mol. The molecule has 0 radical (unpaired) electrons. The van der Waals surface area contributed by atoms with Crippen molar-refractivity contribution in [1.29, 1.82) is 0 Å². The highest BCUT2D eigenvalue weighted by Gasteiger charge is 2.16. The summed E-state index contributed by atoms with van der Waals surface area (Å²) in [7, 11) is 0. The van der Waals surface area contributed by atoms with Crippen LogP contribution in [0.15, 0.2) is 47.0 Å². The molecule has 2 atom stereocenters. The molecule has 4 rings (SSSR count). The van der Waals surface area contributed by atoms with Crippen LogP contribution in [0.4, 0.5) is 4.39 Å². The van der Waals surface area contributed by atoms with Crippen LogP contribution in [-0.2, 0) is 6.42 Å². The van der Waals surface area contributed by atoms with E-state index in [9.17, 15) is 4.39 Å². The van der Waals surface area contributed by atoms with E-state index in [-0.39, 0.29) is 5.82 Å². The summed E-state index contributed by atoms with van der Waals surface area (Å²) in [4.78, 5) is 7.92. The molecule has 4 heteroatoms. The lowest BCUT2D eigenvalue weighted by molar-refractivity contribution is 0.354. The van der Waals surface area contributed by atoms with E-state index in [1.54, 1.807) is 0 Å². The van der Waals surface area contributed by atoms with Gasteiger partial charge in [-0.25, -0.2) is 9.37 Å². The number of H-pyrrole nitrogens is 1. The Bertz CT molecular complexity index is 1130. The lowest BCUT2D eigenvalue weighted by Gasteiger charge is -2.16. The first-order valence-electron chi connectivity index (χ1n) is 12.2. The number of rotatable bonds is 9. The summed E-state index contributed by atoms with van der Waals surface area (Å²) in [5.74, 6) is 2.01. The maximum atomic E-state index is 13.5. The monoisotopic (exact) mass is 436 g/mol. The molecule has 0 bridgehead atoms. The molecule has 0 aliphatic carbocycles. The van der Waals surface area contributed by atoms with E-state index in [2.05, 4.69) is 31.8 Å². The summed E-state index contributed by atoms with van der Waals surface area (Å²) in [6, 6.07) is 11.0. The zero-order valence-corrected chi connectivity index (χ0v) is 20.2. The Morgan fingerprint density at radius 2 is 1.84 bits per heavy atom. The molecule has 1 N–H and O–H groups in total. The molecule has 2 aromatic heterocycles. The van der Waals surface area contributed by atoms with Gasteiger partial charge < -0.3 is 9.40 Å². The minimum atomic E-state index is -0.235. The Hall–Kier alpha value is -2.62. The normalized spacial score (nSPS) is 13.2. The van der Waals surface area contributed by atoms with Crippen molar-refractivity contribution in [3.05, 3.63) is 54.3 Å². The Labute approximate surface area is 191 Å². The molecule has 0 aliphatic heterocycles. The summed E-state index contributed by atoms with van der Waals surface area (Å²) in [5.41, 5.74) is 4.60. The van der Waals surface area contributed by atoms with Crippen LogP contribution in [0.1, 0.15) is 72.6 Å². The van der Waals surface area contributed by atoms with Crippen molar-refractivity contribution in [3.63, 3.8) is 0 Å². The summed E-state index contributed by atoms with van der Waals surface area (Å²) in [6.45, 7) is 10.9. The third kappa shape index (κ3) is 5.59. The Balaban J connectivity index is 0.00000141. The molecule has 0 spiro atoms. The molecule has 32 heavy (non-hydrogen) atoms. The Morgan fingerprint density at radius 1 is 1.03 bits per heavy atom. The molecule has 172 valence electrons. The quantitative estimate of drug-likeness (QED) is 0.284. The number of hydrogen-bond donors (Lipinski definition) is 1. The number of aromatic nitrogens is 2. The van der Waals surface area contributed by atoms with Crippen LogP contribution >= 0.6 is 0 Å². The number of hydrogen-bond acceptors (Lipinski definition) is 2. The van der Waals surface area contributed by atoms with Crippen molar-refractivity contribution in [1.82, 2.24) is 9.97 Å². The maximum Gasteiger partial charge on any atom is 0.195 e.